The first kappa shape index (κ1) is 13.2. The van der Waals surface area contributed by atoms with Gasteiger partial charge in [0, 0.05) is 10.5 Å². The van der Waals surface area contributed by atoms with Gasteiger partial charge in [0.25, 0.3) is 0 Å². The summed E-state index contributed by atoms with van der Waals surface area (Å²) in [5, 5.41) is 2.87. The second-order valence-corrected chi connectivity index (χ2v) is 5.28. The second kappa shape index (κ2) is 6.04. The Morgan fingerprint density at radius 3 is 2.62 bits per heavy atom. The monoisotopic (exact) mass is 283 g/mol. The van der Waals surface area contributed by atoms with Crippen molar-refractivity contribution in [1.29, 1.82) is 0 Å². The summed E-state index contributed by atoms with van der Waals surface area (Å²) in [7, 11) is 0. The molecule has 1 atom stereocenters. The minimum Gasteiger partial charge on any atom is -0.355 e. The maximum absolute atomic E-state index is 10.5. The van der Waals surface area contributed by atoms with Crippen LogP contribution in [0.5, 0.6) is 0 Å². The third-order valence-corrected chi connectivity index (χ3v) is 3.63. The molecule has 0 saturated heterocycles. The van der Waals surface area contributed by atoms with Crippen LogP contribution in [0.25, 0.3) is 0 Å². The van der Waals surface area contributed by atoms with E-state index in [4.69, 9.17) is 0 Å². The van der Waals surface area contributed by atoms with Crippen molar-refractivity contribution in [3.05, 3.63) is 33.8 Å². The Bertz CT molecular complexity index is 363. The fourth-order valence-corrected chi connectivity index (χ4v) is 2.02. The second-order valence-electron chi connectivity index (χ2n) is 4.42. The number of carbonyl (C=O) groups is 1. The summed E-state index contributed by atoms with van der Waals surface area (Å²) in [6.45, 7) is 6.30. The summed E-state index contributed by atoms with van der Waals surface area (Å²) in [4.78, 5) is 10.5. The van der Waals surface area contributed by atoms with Crippen LogP contribution in [0.15, 0.2) is 22.7 Å². The maximum atomic E-state index is 10.5. The molecule has 0 saturated carbocycles. The lowest BCUT2D eigenvalue weighted by Crippen LogP contribution is -2.34. The first-order valence-corrected chi connectivity index (χ1v) is 6.28. The lowest BCUT2D eigenvalue weighted by atomic mass is 9.96. The van der Waals surface area contributed by atoms with Gasteiger partial charge in [-0.3, -0.25) is 4.79 Å². The molecular formula is C13H18BrNO. The molecule has 0 heterocycles. The predicted molar refractivity (Wildman–Crippen MR) is 70.4 cm³/mol. The Hall–Kier alpha value is -0.830. The lowest BCUT2D eigenvalue weighted by Gasteiger charge is -2.20. The number of aryl methyl sites for hydroxylation is 1. The number of benzene rings is 1. The molecule has 1 rings (SSSR count). The Morgan fingerprint density at radius 2 is 2.12 bits per heavy atom. The topological polar surface area (TPSA) is 29.1 Å². The Kier molecular flexibility index (Phi) is 5.00. The van der Waals surface area contributed by atoms with Crippen molar-refractivity contribution in [2.45, 2.75) is 33.2 Å². The van der Waals surface area contributed by atoms with E-state index in [0.717, 1.165) is 17.3 Å². The smallest absolute Gasteiger partial charge is 0.207 e. The van der Waals surface area contributed by atoms with E-state index in [1.807, 2.05) is 0 Å². The van der Waals surface area contributed by atoms with Crippen molar-refractivity contribution in [3.63, 3.8) is 0 Å². The van der Waals surface area contributed by atoms with Gasteiger partial charge in [-0.2, -0.15) is 0 Å². The molecule has 1 aromatic rings. The van der Waals surface area contributed by atoms with Crippen LogP contribution in [0.1, 0.15) is 25.0 Å². The Balaban J connectivity index is 2.77. The van der Waals surface area contributed by atoms with Gasteiger partial charge in [-0.1, -0.05) is 41.9 Å². The van der Waals surface area contributed by atoms with Gasteiger partial charge in [-0.25, -0.2) is 0 Å². The first-order valence-electron chi connectivity index (χ1n) is 5.49. The molecule has 16 heavy (non-hydrogen) atoms. The fourth-order valence-electron chi connectivity index (χ4n) is 1.59. The van der Waals surface area contributed by atoms with Gasteiger partial charge in [0.2, 0.25) is 6.41 Å². The fraction of sp³-hybridized carbons (Fsp3) is 0.462. The highest BCUT2D eigenvalue weighted by Crippen LogP contribution is 2.19. The van der Waals surface area contributed by atoms with Gasteiger partial charge in [0.05, 0.1) is 0 Å². The van der Waals surface area contributed by atoms with Crippen LogP contribution >= 0.6 is 15.9 Å². The summed E-state index contributed by atoms with van der Waals surface area (Å²) in [6.07, 6.45) is 1.66. The van der Waals surface area contributed by atoms with Gasteiger partial charge in [-0.05, 0) is 36.5 Å². The number of hydrogen-bond acceptors (Lipinski definition) is 1. The van der Waals surface area contributed by atoms with Gasteiger partial charge in [0.1, 0.15) is 0 Å². The van der Waals surface area contributed by atoms with E-state index in [0.29, 0.717) is 5.92 Å². The SMILES string of the molecule is Cc1ccc(CC(NC=O)C(C)C)cc1Br. The van der Waals surface area contributed by atoms with Gasteiger partial charge in [0.15, 0.2) is 0 Å². The molecule has 0 fully saturated rings. The van der Waals surface area contributed by atoms with Crippen LogP contribution in [-0.2, 0) is 11.2 Å². The van der Waals surface area contributed by atoms with Gasteiger partial charge < -0.3 is 5.32 Å². The van der Waals surface area contributed by atoms with Crippen molar-refractivity contribution < 1.29 is 4.79 Å². The molecule has 2 nitrogen and oxygen atoms in total. The number of rotatable bonds is 5. The molecule has 1 N–H and O–H groups in total. The van der Waals surface area contributed by atoms with Crippen molar-refractivity contribution >= 4 is 22.3 Å². The van der Waals surface area contributed by atoms with Crippen LogP contribution in [0.4, 0.5) is 0 Å². The van der Waals surface area contributed by atoms with Crippen molar-refractivity contribution in [2.24, 2.45) is 5.92 Å². The average Bonchev–Trinajstić information content (AvgIpc) is 2.22. The summed E-state index contributed by atoms with van der Waals surface area (Å²) >= 11 is 3.52. The molecule has 0 spiro atoms. The van der Waals surface area contributed by atoms with Crippen LogP contribution < -0.4 is 5.32 Å². The molecule has 1 unspecified atom stereocenters. The summed E-state index contributed by atoms with van der Waals surface area (Å²) in [6, 6.07) is 6.53. The highest BCUT2D eigenvalue weighted by atomic mass is 79.9. The zero-order valence-electron chi connectivity index (χ0n) is 9.96. The molecule has 3 heteroatoms. The maximum Gasteiger partial charge on any atom is 0.207 e. The van der Waals surface area contributed by atoms with E-state index in [2.05, 4.69) is 60.2 Å². The molecule has 0 aliphatic heterocycles. The lowest BCUT2D eigenvalue weighted by molar-refractivity contribution is -0.110. The average molecular weight is 284 g/mol. The Morgan fingerprint density at radius 1 is 1.44 bits per heavy atom. The highest BCUT2D eigenvalue weighted by Gasteiger charge is 2.13. The molecule has 88 valence electrons. The molecule has 1 aromatic carbocycles. The molecule has 1 amide bonds. The van der Waals surface area contributed by atoms with Crippen LogP contribution in [-0.4, -0.2) is 12.5 Å². The van der Waals surface area contributed by atoms with Crippen molar-refractivity contribution in [1.82, 2.24) is 5.32 Å². The molecule has 0 radical (unpaired) electrons. The Labute approximate surface area is 106 Å². The van der Waals surface area contributed by atoms with E-state index in [1.165, 1.54) is 11.1 Å². The third-order valence-electron chi connectivity index (χ3n) is 2.78. The van der Waals surface area contributed by atoms with Crippen LogP contribution in [0.3, 0.4) is 0 Å². The predicted octanol–water partition coefficient (Wildman–Crippen LogP) is 3.07. The van der Waals surface area contributed by atoms with E-state index < -0.39 is 0 Å². The number of halogens is 1. The van der Waals surface area contributed by atoms with Crippen LogP contribution in [0.2, 0.25) is 0 Å². The third kappa shape index (κ3) is 3.63. The quantitative estimate of drug-likeness (QED) is 0.827. The zero-order valence-corrected chi connectivity index (χ0v) is 11.5. The number of nitrogens with one attached hydrogen (secondary N) is 1. The molecular weight excluding hydrogens is 266 g/mol. The van der Waals surface area contributed by atoms with Crippen molar-refractivity contribution in [3.8, 4) is 0 Å². The number of carbonyl (C=O) groups excluding carboxylic acids is 1. The minimum absolute atomic E-state index is 0.201. The standard InChI is InChI=1S/C13H18BrNO/c1-9(2)13(15-8-16)7-11-5-4-10(3)12(14)6-11/h4-6,8-9,13H,7H2,1-3H3,(H,15,16). The van der Waals surface area contributed by atoms with E-state index in [1.54, 1.807) is 0 Å². The number of hydrogen-bond donors (Lipinski definition) is 1. The van der Waals surface area contributed by atoms with E-state index in [-0.39, 0.29) is 6.04 Å². The molecule has 0 aromatic heterocycles. The molecule has 0 aliphatic carbocycles. The van der Waals surface area contributed by atoms with Crippen LogP contribution in [0, 0.1) is 12.8 Å². The molecule has 0 aliphatic rings. The first-order chi connectivity index (χ1) is 7.54. The van der Waals surface area contributed by atoms with Gasteiger partial charge >= 0.3 is 0 Å². The number of amides is 1. The largest absolute Gasteiger partial charge is 0.355 e. The van der Waals surface area contributed by atoms with E-state index in [9.17, 15) is 4.79 Å². The summed E-state index contributed by atoms with van der Waals surface area (Å²) < 4.78 is 1.12. The van der Waals surface area contributed by atoms with Gasteiger partial charge in [-0.15, -0.1) is 0 Å². The van der Waals surface area contributed by atoms with Crippen molar-refractivity contribution in [2.75, 3.05) is 0 Å². The molecule has 0 bridgehead atoms. The highest BCUT2D eigenvalue weighted by molar-refractivity contribution is 9.10. The van der Waals surface area contributed by atoms with E-state index >= 15 is 0 Å². The summed E-state index contributed by atoms with van der Waals surface area (Å²) in [5.41, 5.74) is 2.47. The summed E-state index contributed by atoms with van der Waals surface area (Å²) in [5.74, 6) is 0.435. The minimum atomic E-state index is 0.201. The normalized spacial score (nSPS) is 12.6. The zero-order chi connectivity index (χ0) is 12.1.